The molecule has 0 aromatic carbocycles. The summed E-state index contributed by atoms with van der Waals surface area (Å²) in [5.41, 5.74) is 1.07. The topological polar surface area (TPSA) is 42.4 Å². The molecule has 110 valence electrons. The van der Waals surface area contributed by atoms with Crippen molar-refractivity contribution in [1.82, 2.24) is 4.98 Å². The molecular weight excluding hydrogens is 272 g/mol. The van der Waals surface area contributed by atoms with Crippen LogP contribution in [0.5, 0.6) is 0 Å². The summed E-state index contributed by atoms with van der Waals surface area (Å²) < 4.78 is 4.99. The SMILES string of the molecule is CCOC(=O)c1csc(N2CCC3(CCCC3)CC2)n1. The summed E-state index contributed by atoms with van der Waals surface area (Å²) in [6, 6.07) is 0. The highest BCUT2D eigenvalue weighted by Gasteiger charge is 2.37. The first kappa shape index (κ1) is 13.9. The highest BCUT2D eigenvalue weighted by molar-refractivity contribution is 7.13. The number of aromatic nitrogens is 1. The van der Waals surface area contributed by atoms with Gasteiger partial charge in [0.05, 0.1) is 6.61 Å². The van der Waals surface area contributed by atoms with Crippen LogP contribution in [0.2, 0.25) is 0 Å². The van der Waals surface area contributed by atoms with E-state index in [4.69, 9.17) is 4.74 Å². The van der Waals surface area contributed by atoms with Crippen molar-refractivity contribution >= 4 is 22.4 Å². The zero-order valence-electron chi connectivity index (χ0n) is 12.1. The second-order valence-electron chi connectivity index (χ2n) is 5.93. The standard InChI is InChI=1S/C15H22N2O2S/c1-2-19-13(18)12-11-20-14(16-12)17-9-7-15(8-10-17)5-3-4-6-15/h11H,2-10H2,1H3. The van der Waals surface area contributed by atoms with E-state index < -0.39 is 0 Å². The molecule has 1 saturated carbocycles. The summed E-state index contributed by atoms with van der Waals surface area (Å²) in [7, 11) is 0. The molecule has 1 spiro atoms. The third-order valence-corrected chi connectivity index (χ3v) is 5.64. The van der Waals surface area contributed by atoms with Crippen molar-refractivity contribution in [1.29, 1.82) is 0 Å². The molecule has 1 aromatic rings. The minimum atomic E-state index is -0.306. The van der Waals surface area contributed by atoms with Crippen LogP contribution in [0.3, 0.4) is 0 Å². The molecule has 1 aromatic heterocycles. The average molecular weight is 294 g/mol. The highest BCUT2D eigenvalue weighted by Crippen LogP contribution is 2.46. The Bertz CT molecular complexity index is 470. The van der Waals surface area contributed by atoms with E-state index in [-0.39, 0.29) is 5.97 Å². The lowest BCUT2D eigenvalue weighted by atomic mass is 9.77. The number of rotatable bonds is 3. The van der Waals surface area contributed by atoms with Gasteiger partial charge in [-0.1, -0.05) is 12.8 Å². The summed E-state index contributed by atoms with van der Waals surface area (Å²) in [6.45, 7) is 4.38. The van der Waals surface area contributed by atoms with E-state index >= 15 is 0 Å². The van der Waals surface area contributed by atoms with Gasteiger partial charge in [0, 0.05) is 18.5 Å². The molecule has 1 saturated heterocycles. The van der Waals surface area contributed by atoms with Crippen LogP contribution in [0, 0.1) is 5.41 Å². The van der Waals surface area contributed by atoms with Gasteiger partial charge in [-0.2, -0.15) is 0 Å². The van der Waals surface area contributed by atoms with Gasteiger partial charge in [-0.15, -0.1) is 11.3 Å². The van der Waals surface area contributed by atoms with Gasteiger partial charge >= 0.3 is 5.97 Å². The van der Waals surface area contributed by atoms with Crippen molar-refractivity contribution in [2.24, 2.45) is 5.41 Å². The van der Waals surface area contributed by atoms with Crippen LogP contribution in [0.4, 0.5) is 5.13 Å². The molecule has 0 amide bonds. The number of anilines is 1. The van der Waals surface area contributed by atoms with Crippen molar-refractivity contribution in [3.8, 4) is 0 Å². The molecule has 1 aliphatic heterocycles. The number of esters is 1. The van der Waals surface area contributed by atoms with E-state index in [2.05, 4.69) is 9.88 Å². The molecule has 2 aliphatic rings. The molecule has 3 rings (SSSR count). The van der Waals surface area contributed by atoms with E-state index in [1.54, 1.807) is 11.3 Å². The van der Waals surface area contributed by atoms with Crippen molar-refractivity contribution in [2.75, 3.05) is 24.6 Å². The quantitative estimate of drug-likeness (QED) is 0.800. The zero-order valence-corrected chi connectivity index (χ0v) is 12.9. The number of thiazole rings is 1. The average Bonchev–Trinajstić information content (AvgIpc) is 3.10. The number of hydrogen-bond donors (Lipinski definition) is 0. The molecule has 0 unspecified atom stereocenters. The van der Waals surface area contributed by atoms with Gasteiger partial charge in [0.1, 0.15) is 0 Å². The number of hydrogen-bond acceptors (Lipinski definition) is 5. The van der Waals surface area contributed by atoms with Crippen LogP contribution >= 0.6 is 11.3 Å². The molecule has 0 radical (unpaired) electrons. The Balaban J connectivity index is 1.62. The minimum absolute atomic E-state index is 0.306. The monoisotopic (exact) mass is 294 g/mol. The Morgan fingerprint density at radius 2 is 2.05 bits per heavy atom. The molecule has 0 bridgehead atoms. The molecule has 4 nitrogen and oxygen atoms in total. The fourth-order valence-electron chi connectivity index (χ4n) is 3.51. The van der Waals surface area contributed by atoms with Crippen LogP contribution < -0.4 is 4.90 Å². The van der Waals surface area contributed by atoms with E-state index in [0.29, 0.717) is 17.7 Å². The molecule has 20 heavy (non-hydrogen) atoms. The third kappa shape index (κ3) is 2.68. The lowest BCUT2D eigenvalue weighted by Crippen LogP contribution is -2.38. The number of piperidine rings is 1. The van der Waals surface area contributed by atoms with Gasteiger partial charge in [0.25, 0.3) is 0 Å². The van der Waals surface area contributed by atoms with E-state index in [0.717, 1.165) is 18.2 Å². The normalized spacial score (nSPS) is 21.4. The van der Waals surface area contributed by atoms with Crippen molar-refractivity contribution < 1.29 is 9.53 Å². The zero-order chi connectivity index (χ0) is 14.0. The van der Waals surface area contributed by atoms with Gasteiger partial charge in [-0.3, -0.25) is 0 Å². The fourth-order valence-corrected chi connectivity index (χ4v) is 4.35. The van der Waals surface area contributed by atoms with Crippen molar-refractivity contribution in [3.63, 3.8) is 0 Å². The van der Waals surface area contributed by atoms with Crippen LogP contribution in [-0.2, 0) is 4.74 Å². The molecular formula is C15H22N2O2S. The molecule has 0 atom stereocenters. The van der Waals surface area contributed by atoms with Crippen LogP contribution in [0.25, 0.3) is 0 Å². The number of carbonyl (C=O) groups excluding carboxylic acids is 1. The summed E-state index contributed by atoms with van der Waals surface area (Å²) in [5.74, 6) is -0.306. The molecule has 5 heteroatoms. The van der Waals surface area contributed by atoms with Crippen LogP contribution in [-0.4, -0.2) is 30.6 Å². The Hall–Kier alpha value is -1.10. The maximum atomic E-state index is 11.6. The first-order valence-corrected chi connectivity index (χ1v) is 8.48. The molecule has 2 fully saturated rings. The number of carbonyl (C=O) groups is 1. The van der Waals surface area contributed by atoms with Crippen LogP contribution in [0.15, 0.2) is 5.38 Å². The number of nitrogens with zero attached hydrogens (tertiary/aromatic N) is 2. The second-order valence-corrected chi connectivity index (χ2v) is 6.77. The molecule has 2 heterocycles. The Labute approximate surface area is 124 Å². The first-order chi connectivity index (χ1) is 9.72. The summed E-state index contributed by atoms with van der Waals surface area (Å²) in [6.07, 6.45) is 8.19. The van der Waals surface area contributed by atoms with Gasteiger partial charge in [0.2, 0.25) is 0 Å². The highest BCUT2D eigenvalue weighted by atomic mass is 32.1. The maximum absolute atomic E-state index is 11.6. The van der Waals surface area contributed by atoms with Crippen molar-refractivity contribution in [3.05, 3.63) is 11.1 Å². The second kappa shape index (κ2) is 5.72. The fraction of sp³-hybridized carbons (Fsp3) is 0.733. The molecule has 1 aliphatic carbocycles. The summed E-state index contributed by atoms with van der Waals surface area (Å²) in [5, 5.41) is 2.79. The number of ether oxygens (including phenoxy) is 1. The minimum Gasteiger partial charge on any atom is -0.461 e. The Morgan fingerprint density at radius 1 is 1.35 bits per heavy atom. The third-order valence-electron chi connectivity index (χ3n) is 4.74. The van der Waals surface area contributed by atoms with Crippen molar-refractivity contribution in [2.45, 2.75) is 45.4 Å². The lowest BCUT2D eigenvalue weighted by Gasteiger charge is -2.39. The summed E-state index contributed by atoms with van der Waals surface area (Å²) in [4.78, 5) is 18.4. The molecule has 0 N–H and O–H groups in total. The lowest BCUT2D eigenvalue weighted by molar-refractivity contribution is 0.0520. The Kier molecular flexibility index (Phi) is 3.96. The summed E-state index contributed by atoms with van der Waals surface area (Å²) >= 11 is 1.56. The van der Waals surface area contributed by atoms with E-state index in [1.165, 1.54) is 38.5 Å². The Morgan fingerprint density at radius 3 is 2.70 bits per heavy atom. The smallest absolute Gasteiger partial charge is 0.357 e. The largest absolute Gasteiger partial charge is 0.461 e. The van der Waals surface area contributed by atoms with Gasteiger partial charge < -0.3 is 9.64 Å². The van der Waals surface area contributed by atoms with Gasteiger partial charge in [-0.25, -0.2) is 9.78 Å². The van der Waals surface area contributed by atoms with Crippen LogP contribution in [0.1, 0.15) is 55.9 Å². The van der Waals surface area contributed by atoms with Gasteiger partial charge in [-0.05, 0) is 38.0 Å². The predicted octanol–water partition coefficient (Wildman–Crippen LogP) is 3.48. The van der Waals surface area contributed by atoms with E-state index in [9.17, 15) is 4.79 Å². The maximum Gasteiger partial charge on any atom is 0.357 e. The predicted molar refractivity (Wildman–Crippen MR) is 80.4 cm³/mol. The van der Waals surface area contributed by atoms with Gasteiger partial charge in [0.15, 0.2) is 10.8 Å². The first-order valence-electron chi connectivity index (χ1n) is 7.60. The van der Waals surface area contributed by atoms with E-state index in [1.807, 2.05) is 12.3 Å².